The van der Waals surface area contributed by atoms with Gasteiger partial charge in [-0.25, -0.2) is 29.4 Å². The highest BCUT2D eigenvalue weighted by Gasteiger charge is 2.70. The van der Waals surface area contributed by atoms with Crippen molar-refractivity contribution < 1.29 is 81.6 Å². The molecule has 2 aliphatic heterocycles. The SMILES string of the molecule is COOP(=O)(OOC)C(C)(CCCN(O)C(=O)C1(N=[N+]=[N-])C(=O)N2C(C(=O)O)=C(COC(C)=O)CSC21)P(=O)(OOC)OOC. The van der Waals surface area contributed by atoms with Crippen LogP contribution in [0.4, 0.5) is 0 Å². The molecular weight excluding hydrogens is 676 g/mol. The minimum atomic E-state index is -4.83. The smallest absolute Gasteiger partial charge is 0.402 e. The first kappa shape index (κ1) is 38.6. The van der Waals surface area contributed by atoms with Crippen LogP contribution in [0.5, 0.6) is 0 Å². The average molecular weight is 708 g/mol. The molecule has 0 aromatic rings. The molecule has 2 amide bonds. The Labute approximate surface area is 259 Å². The summed E-state index contributed by atoms with van der Waals surface area (Å²) in [6.07, 6.45) is -1.04. The van der Waals surface area contributed by atoms with Gasteiger partial charge in [0.05, 0.1) is 28.4 Å². The highest BCUT2D eigenvalue weighted by molar-refractivity contribution is 8.00. The summed E-state index contributed by atoms with van der Waals surface area (Å²) in [7, 11) is -5.88. The number of hydrogen-bond donors (Lipinski definition) is 2. The summed E-state index contributed by atoms with van der Waals surface area (Å²) in [6.45, 7) is 0.955. The number of carboxylic acid groups (broad SMARTS) is 1. The molecule has 45 heavy (non-hydrogen) atoms. The number of rotatable bonds is 19. The monoisotopic (exact) mass is 707 g/mol. The van der Waals surface area contributed by atoms with Gasteiger partial charge in [0.25, 0.3) is 11.8 Å². The van der Waals surface area contributed by atoms with E-state index in [-0.39, 0.29) is 16.4 Å². The number of thioether (sulfide) groups is 1. The molecular formula is C20H31N5O17P2S. The number of nitrogens with zero attached hydrogens (tertiary/aromatic N) is 5. The van der Waals surface area contributed by atoms with Gasteiger partial charge < -0.3 is 9.84 Å². The lowest BCUT2D eigenvalue weighted by molar-refractivity contribution is -0.255. The molecule has 2 aliphatic rings. The molecule has 0 saturated carbocycles. The van der Waals surface area contributed by atoms with E-state index in [1.165, 1.54) is 0 Å². The number of esters is 1. The number of carbonyl (C=O) groups is 4. The number of fused-ring (bicyclic) bond motifs is 1. The van der Waals surface area contributed by atoms with Crippen molar-refractivity contribution in [3.63, 3.8) is 0 Å². The van der Waals surface area contributed by atoms with Crippen LogP contribution in [0.15, 0.2) is 16.4 Å². The molecule has 22 nitrogen and oxygen atoms in total. The van der Waals surface area contributed by atoms with Crippen molar-refractivity contribution >= 4 is 50.7 Å². The molecule has 2 rings (SSSR count). The van der Waals surface area contributed by atoms with Crippen LogP contribution in [0.3, 0.4) is 0 Å². The number of hydrogen-bond acceptors (Lipinski definition) is 18. The molecule has 0 aromatic heterocycles. The van der Waals surface area contributed by atoms with Crippen molar-refractivity contribution in [3.05, 3.63) is 21.7 Å². The number of amides is 2. The number of hydroxylamine groups is 2. The van der Waals surface area contributed by atoms with Crippen molar-refractivity contribution in [2.75, 3.05) is 47.3 Å². The van der Waals surface area contributed by atoms with Gasteiger partial charge in [-0.05, 0) is 25.3 Å². The molecule has 25 heteroatoms. The Morgan fingerprint density at radius 3 is 2.04 bits per heavy atom. The Morgan fingerprint density at radius 2 is 1.62 bits per heavy atom. The molecule has 1 saturated heterocycles. The third-order valence-corrected chi connectivity index (χ3v) is 13.5. The quantitative estimate of drug-likeness (QED) is 0.0186. The average Bonchev–Trinajstić information content (AvgIpc) is 2.97. The fourth-order valence-corrected chi connectivity index (χ4v) is 9.69. The van der Waals surface area contributed by atoms with E-state index in [2.05, 4.69) is 29.6 Å². The van der Waals surface area contributed by atoms with E-state index in [0.717, 1.165) is 54.0 Å². The van der Waals surface area contributed by atoms with E-state index < -0.39 is 86.4 Å². The molecule has 0 spiro atoms. The van der Waals surface area contributed by atoms with Crippen LogP contribution >= 0.6 is 27.0 Å². The Morgan fingerprint density at radius 1 is 1.11 bits per heavy atom. The van der Waals surface area contributed by atoms with Gasteiger partial charge in [-0.3, -0.25) is 33.6 Å². The van der Waals surface area contributed by atoms with E-state index in [1.807, 2.05) is 0 Å². The lowest BCUT2D eigenvalue weighted by atomic mass is 9.86. The van der Waals surface area contributed by atoms with Gasteiger partial charge in [0, 0.05) is 29.7 Å². The molecule has 0 aromatic carbocycles. The third kappa shape index (κ3) is 7.20. The minimum absolute atomic E-state index is 0.00198. The van der Waals surface area contributed by atoms with Gasteiger partial charge in [0.2, 0.25) is 5.54 Å². The maximum atomic E-state index is 13.7. The zero-order chi connectivity index (χ0) is 34.2. The van der Waals surface area contributed by atoms with Crippen LogP contribution in [-0.2, 0) is 71.3 Å². The van der Waals surface area contributed by atoms with Crippen molar-refractivity contribution in [1.82, 2.24) is 9.96 Å². The summed E-state index contributed by atoms with van der Waals surface area (Å²) in [5, 5.41) is 22.4. The zero-order valence-electron chi connectivity index (χ0n) is 24.7. The fourth-order valence-electron chi connectivity index (χ4n) is 4.33. The highest BCUT2D eigenvalue weighted by atomic mass is 32.2. The van der Waals surface area contributed by atoms with Gasteiger partial charge >= 0.3 is 27.1 Å². The Hall–Kier alpha value is -2.62. The van der Waals surface area contributed by atoms with Crippen LogP contribution < -0.4 is 0 Å². The molecule has 1 fully saturated rings. The fraction of sp³-hybridized carbons (Fsp3) is 0.700. The van der Waals surface area contributed by atoms with Gasteiger partial charge in [-0.2, -0.15) is 0 Å². The molecule has 2 N–H and O–H groups in total. The molecule has 0 aliphatic carbocycles. The topological polar surface area (TPSA) is 281 Å². The van der Waals surface area contributed by atoms with Crippen LogP contribution in [0.25, 0.3) is 10.4 Å². The van der Waals surface area contributed by atoms with Crippen molar-refractivity contribution in [2.45, 2.75) is 42.5 Å². The first-order valence-corrected chi connectivity index (χ1v) is 16.5. The summed E-state index contributed by atoms with van der Waals surface area (Å²) in [4.78, 5) is 68.8. The Bertz CT molecular complexity index is 1290. The number of ether oxygens (including phenoxy) is 1. The van der Waals surface area contributed by atoms with E-state index in [1.54, 1.807) is 0 Å². The van der Waals surface area contributed by atoms with Crippen LogP contribution in [0.2, 0.25) is 0 Å². The highest BCUT2D eigenvalue weighted by Crippen LogP contribution is 2.79. The maximum absolute atomic E-state index is 13.7. The molecule has 2 unspecified atom stereocenters. The zero-order valence-corrected chi connectivity index (χ0v) is 27.3. The Kier molecular flexibility index (Phi) is 13.5. The van der Waals surface area contributed by atoms with Crippen LogP contribution in [0.1, 0.15) is 26.7 Å². The first-order valence-electron chi connectivity index (χ1n) is 12.3. The van der Waals surface area contributed by atoms with E-state index in [4.69, 9.17) is 23.4 Å². The van der Waals surface area contributed by atoms with Crippen LogP contribution in [-0.4, -0.2) is 107 Å². The third-order valence-electron chi connectivity index (χ3n) is 6.43. The normalized spacial score (nSPS) is 20.2. The molecule has 0 bridgehead atoms. The predicted octanol–water partition coefficient (Wildman–Crippen LogP) is 2.26. The van der Waals surface area contributed by atoms with Crippen molar-refractivity contribution in [3.8, 4) is 0 Å². The van der Waals surface area contributed by atoms with Gasteiger partial charge in [-0.15, -0.1) is 30.5 Å². The second-order valence-electron chi connectivity index (χ2n) is 9.04. The number of aliphatic carboxylic acids is 1. The number of carbonyl (C=O) groups excluding carboxylic acids is 3. The molecule has 254 valence electrons. The summed E-state index contributed by atoms with van der Waals surface area (Å²) >= 11 is 0.821. The standard InChI is InChI=1S/C20H31N5O17P2S/c1-12(26)38-10-13-11-45-18-20(22-23-21,17(30)25(18)14(13)15(27)28)16(29)24(31)9-7-8-19(2,43(32,39-34-3)40-35-4)44(33,41-36-5)42-37-6/h18,31H,7-11H2,1-6H3,(H,27,28). The number of carboxylic acids is 1. The summed E-state index contributed by atoms with van der Waals surface area (Å²) < 4.78 is 51.3. The van der Waals surface area contributed by atoms with Gasteiger partial charge in [0.15, 0.2) is 4.90 Å². The van der Waals surface area contributed by atoms with Crippen molar-refractivity contribution in [2.24, 2.45) is 5.11 Å². The minimum Gasteiger partial charge on any atom is -0.477 e. The molecule has 2 heterocycles. The van der Waals surface area contributed by atoms with Crippen molar-refractivity contribution in [1.29, 1.82) is 0 Å². The first-order chi connectivity index (χ1) is 21.1. The second-order valence-corrected chi connectivity index (χ2v) is 15.0. The summed E-state index contributed by atoms with van der Waals surface area (Å²) in [5.74, 6) is -5.16. The Balaban J connectivity index is 2.40. The molecule has 2 atom stereocenters. The lowest BCUT2D eigenvalue weighted by Crippen LogP contribution is -2.77. The maximum Gasteiger partial charge on any atom is 0.402 e. The largest absolute Gasteiger partial charge is 0.477 e. The predicted molar refractivity (Wildman–Crippen MR) is 145 cm³/mol. The number of β-lactam (4-membered cyclic amide) rings is 1. The summed E-state index contributed by atoms with van der Waals surface area (Å²) in [5.41, 5.74) is 6.05. The van der Waals surface area contributed by atoms with E-state index in [9.17, 15) is 44.2 Å². The van der Waals surface area contributed by atoms with Gasteiger partial charge in [-0.1, -0.05) is 5.11 Å². The van der Waals surface area contributed by atoms with Crippen LogP contribution in [0, 0.1) is 0 Å². The lowest BCUT2D eigenvalue weighted by Gasteiger charge is -2.54. The van der Waals surface area contributed by atoms with E-state index >= 15 is 0 Å². The van der Waals surface area contributed by atoms with Gasteiger partial charge in [0.1, 0.15) is 17.7 Å². The summed E-state index contributed by atoms with van der Waals surface area (Å²) in [6, 6.07) is 0. The number of azide groups is 1. The van der Waals surface area contributed by atoms with E-state index in [0.29, 0.717) is 4.90 Å². The molecule has 0 radical (unpaired) electrons. The second kappa shape index (κ2) is 15.8.